The van der Waals surface area contributed by atoms with Gasteiger partial charge in [-0.25, -0.2) is 4.79 Å². The van der Waals surface area contributed by atoms with Gasteiger partial charge in [-0.15, -0.1) is 0 Å². The fourth-order valence-electron chi connectivity index (χ4n) is 3.08. The highest BCUT2D eigenvalue weighted by Crippen LogP contribution is 2.22. The highest BCUT2D eigenvalue weighted by Gasteiger charge is 2.16. The van der Waals surface area contributed by atoms with Crippen LogP contribution in [0.3, 0.4) is 0 Å². The summed E-state index contributed by atoms with van der Waals surface area (Å²) < 4.78 is 5.37. The molecule has 156 valence electrons. The van der Waals surface area contributed by atoms with E-state index >= 15 is 0 Å². The maximum absolute atomic E-state index is 12.4. The molecule has 0 saturated heterocycles. The Balaban J connectivity index is 1.66. The van der Waals surface area contributed by atoms with Crippen LogP contribution < -0.4 is 15.8 Å². The van der Waals surface area contributed by atoms with Crippen molar-refractivity contribution in [2.75, 3.05) is 24.5 Å². The Bertz CT molecular complexity index is 1090. The first-order valence-electron chi connectivity index (χ1n) is 9.82. The predicted octanol–water partition coefficient (Wildman–Crippen LogP) is 3.83. The predicted molar refractivity (Wildman–Crippen MR) is 121 cm³/mol. The summed E-state index contributed by atoms with van der Waals surface area (Å²) in [5.41, 5.74) is 1.57. The Labute approximate surface area is 179 Å². The molecule has 3 rings (SSSR count). The zero-order chi connectivity index (χ0) is 21.5. The number of anilines is 1. The molecule has 1 N–H and O–H groups in total. The Kier molecular flexibility index (Phi) is 7.30. The zero-order valence-electron chi connectivity index (χ0n) is 17.0. The van der Waals surface area contributed by atoms with Gasteiger partial charge in [0.05, 0.1) is 6.54 Å². The molecule has 0 saturated carbocycles. The van der Waals surface area contributed by atoms with E-state index < -0.39 is 11.5 Å². The number of carbonyl (C=O) groups is 2. The molecule has 0 radical (unpaired) electrons. The monoisotopic (exact) mass is 424 g/mol. The summed E-state index contributed by atoms with van der Waals surface area (Å²) >= 11 is 1.12. The van der Waals surface area contributed by atoms with Gasteiger partial charge in [-0.2, -0.15) is 0 Å². The van der Waals surface area contributed by atoms with Gasteiger partial charge in [0.2, 0.25) is 5.12 Å². The van der Waals surface area contributed by atoms with Crippen LogP contribution in [0.2, 0.25) is 0 Å². The second-order valence-electron chi connectivity index (χ2n) is 6.67. The van der Waals surface area contributed by atoms with Crippen molar-refractivity contribution >= 4 is 39.4 Å². The summed E-state index contributed by atoms with van der Waals surface area (Å²) in [5.74, 6) is -0.0881. The maximum Gasteiger partial charge on any atom is 0.349 e. The second-order valence-corrected chi connectivity index (χ2v) is 7.70. The zero-order valence-corrected chi connectivity index (χ0v) is 17.8. The first-order valence-corrected chi connectivity index (χ1v) is 10.8. The summed E-state index contributed by atoms with van der Waals surface area (Å²) in [6.45, 7) is 5.62. The maximum atomic E-state index is 12.4. The van der Waals surface area contributed by atoms with Gasteiger partial charge in [-0.3, -0.25) is 9.59 Å². The molecule has 6 nitrogen and oxygen atoms in total. The molecule has 1 aromatic heterocycles. The number of fused-ring (bicyclic) bond motifs is 1. The number of thioether (sulfide) groups is 1. The Morgan fingerprint density at radius 2 is 1.77 bits per heavy atom. The van der Waals surface area contributed by atoms with Crippen molar-refractivity contribution in [3.05, 3.63) is 76.1 Å². The number of rotatable bonds is 8. The van der Waals surface area contributed by atoms with Crippen molar-refractivity contribution in [2.24, 2.45) is 0 Å². The van der Waals surface area contributed by atoms with E-state index in [1.54, 1.807) is 6.07 Å². The average Bonchev–Trinajstić information content (AvgIpc) is 2.77. The Morgan fingerprint density at radius 1 is 1.03 bits per heavy atom. The molecule has 2 aromatic carbocycles. The Hall–Kier alpha value is -3.06. The lowest BCUT2D eigenvalue weighted by Crippen LogP contribution is -2.31. The van der Waals surface area contributed by atoms with Crippen LogP contribution >= 0.6 is 11.8 Å². The van der Waals surface area contributed by atoms with Crippen molar-refractivity contribution in [3.8, 4) is 0 Å². The molecule has 0 spiro atoms. The number of hydrogen-bond donors (Lipinski definition) is 1. The Morgan fingerprint density at radius 3 is 2.47 bits per heavy atom. The number of hydrogen-bond acceptors (Lipinski definition) is 6. The largest absolute Gasteiger partial charge is 0.422 e. The quantitative estimate of drug-likeness (QED) is 0.554. The van der Waals surface area contributed by atoms with E-state index in [1.807, 2.05) is 42.5 Å². The van der Waals surface area contributed by atoms with Gasteiger partial charge in [0.15, 0.2) is 0 Å². The van der Waals surface area contributed by atoms with Gasteiger partial charge < -0.3 is 14.6 Å². The number of benzene rings is 2. The minimum Gasteiger partial charge on any atom is -0.422 e. The lowest BCUT2D eigenvalue weighted by Gasteiger charge is -2.20. The van der Waals surface area contributed by atoms with Crippen molar-refractivity contribution < 1.29 is 14.0 Å². The standard InChI is InChI=1S/C23H24N2O4S/c1-3-25(4-2)18-11-10-17-12-19(23(28)29-20(17)13-18)22(27)24-14-21(26)30-15-16-8-6-5-7-9-16/h5-13H,3-4,14-15H2,1-2H3,(H,24,27). The van der Waals surface area contributed by atoms with Crippen LogP contribution in [0.5, 0.6) is 0 Å². The third kappa shape index (κ3) is 5.30. The average molecular weight is 425 g/mol. The highest BCUT2D eigenvalue weighted by molar-refractivity contribution is 8.13. The van der Waals surface area contributed by atoms with Gasteiger partial charge in [-0.1, -0.05) is 42.1 Å². The molecule has 3 aromatic rings. The summed E-state index contributed by atoms with van der Waals surface area (Å²) in [5, 5.41) is 2.98. The molecule has 1 heterocycles. The van der Waals surface area contributed by atoms with Gasteiger partial charge in [-0.05, 0) is 37.6 Å². The van der Waals surface area contributed by atoms with Crippen LogP contribution in [-0.2, 0) is 10.5 Å². The number of nitrogens with zero attached hydrogens (tertiary/aromatic N) is 1. The van der Waals surface area contributed by atoms with E-state index in [0.29, 0.717) is 16.7 Å². The molecule has 1 amide bonds. The van der Waals surface area contributed by atoms with Crippen LogP contribution in [0.4, 0.5) is 5.69 Å². The third-order valence-corrected chi connectivity index (χ3v) is 5.67. The van der Waals surface area contributed by atoms with E-state index in [1.165, 1.54) is 6.07 Å². The molecule has 0 aliphatic carbocycles. The van der Waals surface area contributed by atoms with Gasteiger partial charge in [0.25, 0.3) is 5.91 Å². The molecule has 7 heteroatoms. The number of nitrogens with one attached hydrogen (secondary N) is 1. The molecule has 0 fully saturated rings. The molecule has 0 bridgehead atoms. The van der Waals surface area contributed by atoms with E-state index in [-0.39, 0.29) is 17.2 Å². The summed E-state index contributed by atoms with van der Waals surface area (Å²) in [4.78, 5) is 38.9. The third-order valence-electron chi connectivity index (χ3n) is 4.73. The van der Waals surface area contributed by atoms with E-state index in [9.17, 15) is 14.4 Å². The lowest BCUT2D eigenvalue weighted by molar-refractivity contribution is -0.110. The topological polar surface area (TPSA) is 79.6 Å². The molecule has 0 unspecified atom stereocenters. The first-order chi connectivity index (χ1) is 14.5. The van der Waals surface area contributed by atoms with Crippen molar-refractivity contribution in [1.29, 1.82) is 0 Å². The SMILES string of the molecule is CCN(CC)c1ccc2cc(C(=O)NCC(=O)SCc3ccccc3)c(=O)oc2c1. The molecule has 0 aliphatic heterocycles. The molecule has 0 aliphatic rings. The van der Waals surface area contributed by atoms with Gasteiger partial charge >= 0.3 is 5.63 Å². The van der Waals surface area contributed by atoms with Gasteiger partial charge in [0.1, 0.15) is 11.1 Å². The van der Waals surface area contributed by atoms with Crippen LogP contribution in [0.15, 0.2) is 63.8 Å². The normalized spacial score (nSPS) is 10.7. The summed E-state index contributed by atoms with van der Waals surface area (Å²) in [7, 11) is 0. The molecular weight excluding hydrogens is 400 g/mol. The smallest absolute Gasteiger partial charge is 0.349 e. The van der Waals surface area contributed by atoms with Crippen LogP contribution in [0.25, 0.3) is 11.0 Å². The minimum absolute atomic E-state index is 0.112. The fourth-order valence-corrected chi connectivity index (χ4v) is 3.77. The molecule has 0 atom stereocenters. The highest BCUT2D eigenvalue weighted by atomic mass is 32.2. The van der Waals surface area contributed by atoms with E-state index in [4.69, 9.17) is 4.42 Å². The first kappa shape index (κ1) is 21.6. The van der Waals surface area contributed by atoms with Crippen LogP contribution in [0.1, 0.15) is 29.8 Å². The van der Waals surface area contributed by atoms with Crippen molar-refractivity contribution in [1.82, 2.24) is 5.32 Å². The number of carbonyl (C=O) groups excluding carboxylic acids is 2. The molecular formula is C23H24N2O4S. The summed E-state index contributed by atoms with van der Waals surface area (Å²) in [6, 6.07) is 16.7. The van der Waals surface area contributed by atoms with Gasteiger partial charge in [0, 0.05) is 36.0 Å². The van der Waals surface area contributed by atoms with Crippen molar-refractivity contribution in [2.45, 2.75) is 19.6 Å². The lowest BCUT2D eigenvalue weighted by atomic mass is 10.1. The van der Waals surface area contributed by atoms with Crippen LogP contribution in [0, 0.1) is 0 Å². The molecule has 30 heavy (non-hydrogen) atoms. The van der Waals surface area contributed by atoms with Crippen LogP contribution in [-0.4, -0.2) is 30.7 Å². The fraction of sp³-hybridized carbons (Fsp3) is 0.261. The number of amides is 1. The second kappa shape index (κ2) is 10.1. The van der Waals surface area contributed by atoms with Crippen molar-refractivity contribution in [3.63, 3.8) is 0 Å². The van der Waals surface area contributed by atoms with E-state index in [2.05, 4.69) is 24.1 Å². The van der Waals surface area contributed by atoms with E-state index in [0.717, 1.165) is 36.1 Å². The summed E-state index contributed by atoms with van der Waals surface area (Å²) in [6.07, 6.45) is 0. The minimum atomic E-state index is -0.721.